The molecule has 8 nitrogen and oxygen atoms in total. The van der Waals surface area contributed by atoms with Crippen LogP contribution in [-0.4, -0.2) is 57.1 Å². The molecule has 0 radical (unpaired) electrons. The van der Waals surface area contributed by atoms with E-state index in [1.54, 1.807) is 6.92 Å². The highest BCUT2D eigenvalue weighted by Crippen LogP contribution is 2.30. The number of sulfonamides is 1. The van der Waals surface area contributed by atoms with E-state index in [4.69, 9.17) is 16.3 Å². The minimum Gasteiger partial charge on any atom is -0.495 e. The SMILES string of the molecule is CC[C@@H](C)NC(=O)[C@@H](C)N(Cc1ccc(C)cc1)C(=O)CN(c1ccc(OC)c(Cl)c1)S(C)(=O)=O. The molecule has 1 N–H and O–H groups in total. The largest absolute Gasteiger partial charge is 0.495 e. The molecule has 0 saturated heterocycles. The Balaban J connectivity index is 2.40. The first-order valence-corrected chi connectivity index (χ1v) is 13.6. The van der Waals surface area contributed by atoms with E-state index in [0.29, 0.717) is 5.75 Å². The number of carbonyl (C=O) groups is 2. The molecule has 2 amide bonds. The van der Waals surface area contributed by atoms with Gasteiger partial charge in [-0.3, -0.25) is 13.9 Å². The highest BCUT2D eigenvalue weighted by molar-refractivity contribution is 7.92. The number of nitrogens with zero attached hydrogens (tertiary/aromatic N) is 2. The van der Waals surface area contributed by atoms with Crippen molar-refractivity contribution in [2.24, 2.45) is 0 Å². The summed E-state index contributed by atoms with van der Waals surface area (Å²) in [5.74, 6) is -0.445. The molecule has 10 heteroatoms. The summed E-state index contributed by atoms with van der Waals surface area (Å²) in [5, 5.41) is 3.11. The van der Waals surface area contributed by atoms with Gasteiger partial charge in [-0.2, -0.15) is 0 Å². The van der Waals surface area contributed by atoms with Crippen molar-refractivity contribution in [3.8, 4) is 5.75 Å². The fraction of sp³-hybridized carbons (Fsp3) is 0.440. The van der Waals surface area contributed by atoms with Crippen LogP contribution in [0.15, 0.2) is 42.5 Å². The number of anilines is 1. The number of ether oxygens (including phenoxy) is 1. The maximum Gasteiger partial charge on any atom is 0.244 e. The molecule has 0 fully saturated rings. The standard InChI is InChI=1S/C25H34ClN3O5S/c1-7-18(3)27-25(31)19(4)28(15-20-10-8-17(2)9-11-20)24(30)16-29(35(6,32)33)21-12-13-23(34-5)22(26)14-21/h8-14,18-19H,7,15-16H2,1-6H3,(H,27,31)/t18-,19-/m1/s1. The Kier molecular flexibility index (Phi) is 9.97. The molecule has 0 spiro atoms. The third-order valence-electron chi connectivity index (χ3n) is 5.74. The van der Waals surface area contributed by atoms with Crippen LogP contribution in [0.25, 0.3) is 0 Å². The predicted octanol–water partition coefficient (Wildman–Crippen LogP) is 3.76. The van der Waals surface area contributed by atoms with E-state index in [1.807, 2.05) is 45.0 Å². The quantitative estimate of drug-likeness (QED) is 0.484. The zero-order chi connectivity index (χ0) is 26.3. The molecule has 0 aromatic heterocycles. The van der Waals surface area contributed by atoms with Gasteiger partial charge in [-0.1, -0.05) is 48.4 Å². The second kappa shape index (κ2) is 12.3. The minimum atomic E-state index is -3.84. The summed E-state index contributed by atoms with van der Waals surface area (Å²) in [7, 11) is -2.39. The third-order valence-corrected chi connectivity index (χ3v) is 7.18. The van der Waals surface area contributed by atoms with Crippen LogP contribution in [0.3, 0.4) is 0 Å². The van der Waals surface area contributed by atoms with Crippen LogP contribution in [0.1, 0.15) is 38.3 Å². The number of halogens is 1. The van der Waals surface area contributed by atoms with Gasteiger partial charge in [-0.25, -0.2) is 8.42 Å². The summed E-state index contributed by atoms with van der Waals surface area (Å²) in [4.78, 5) is 27.8. The number of hydrogen-bond acceptors (Lipinski definition) is 5. The van der Waals surface area contributed by atoms with Gasteiger partial charge in [0.1, 0.15) is 18.3 Å². The Morgan fingerprint density at radius 3 is 2.26 bits per heavy atom. The van der Waals surface area contributed by atoms with E-state index in [0.717, 1.165) is 28.1 Å². The van der Waals surface area contributed by atoms with Gasteiger partial charge in [0.25, 0.3) is 0 Å². The van der Waals surface area contributed by atoms with E-state index in [-0.39, 0.29) is 29.2 Å². The number of amides is 2. The lowest BCUT2D eigenvalue weighted by Gasteiger charge is -2.32. The highest BCUT2D eigenvalue weighted by Gasteiger charge is 2.30. The summed E-state index contributed by atoms with van der Waals surface area (Å²) >= 11 is 6.20. The number of benzene rings is 2. The molecule has 0 aliphatic rings. The van der Waals surface area contributed by atoms with Crippen molar-refractivity contribution in [3.63, 3.8) is 0 Å². The van der Waals surface area contributed by atoms with Gasteiger partial charge < -0.3 is 15.0 Å². The van der Waals surface area contributed by atoms with Crippen LogP contribution in [0.4, 0.5) is 5.69 Å². The first-order chi connectivity index (χ1) is 16.4. The van der Waals surface area contributed by atoms with E-state index < -0.39 is 28.5 Å². The zero-order valence-corrected chi connectivity index (χ0v) is 22.6. The third kappa shape index (κ3) is 7.86. The molecule has 2 rings (SSSR count). The van der Waals surface area contributed by atoms with Crippen molar-refractivity contribution in [2.45, 2.75) is 52.7 Å². The minimum absolute atomic E-state index is 0.0600. The van der Waals surface area contributed by atoms with Crippen molar-refractivity contribution < 1.29 is 22.7 Å². The average Bonchev–Trinajstić information content (AvgIpc) is 2.80. The van der Waals surface area contributed by atoms with E-state index in [9.17, 15) is 18.0 Å². The first kappa shape index (κ1) is 28.5. The summed E-state index contributed by atoms with van der Waals surface area (Å²) in [6, 6.07) is 11.2. The molecule has 0 saturated carbocycles. The monoisotopic (exact) mass is 523 g/mol. The molecule has 2 aromatic carbocycles. The lowest BCUT2D eigenvalue weighted by Crippen LogP contribution is -2.52. The summed E-state index contributed by atoms with van der Waals surface area (Å²) in [5.41, 5.74) is 2.11. The molecule has 0 heterocycles. The molecule has 0 bridgehead atoms. The van der Waals surface area contributed by atoms with Crippen LogP contribution in [0.5, 0.6) is 5.75 Å². The van der Waals surface area contributed by atoms with Gasteiger partial charge in [0.2, 0.25) is 21.8 Å². The molecular weight excluding hydrogens is 490 g/mol. The van der Waals surface area contributed by atoms with Gasteiger partial charge in [0.15, 0.2) is 0 Å². The van der Waals surface area contributed by atoms with Crippen molar-refractivity contribution >= 4 is 39.1 Å². The Morgan fingerprint density at radius 1 is 1.11 bits per heavy atom. The number of aryl methyl sites for hydroxylation is 1. The first-order valence-electron chi connectivity index (χ1n) is 11.3. The number of nitrogens with one attached hydrogen (secondary N) is 1. The number of rotatable bonds is 11. The average molecular weight is 524 g/mol. The van der Waals surface area contributed by atoms with Gasteiger partial charge in [0.05, 0.1) is 24.1 Å². The van der Waals surface area contributed by atoms with Crippen LogP contribution < -0.4 is 14.4 Å². The van der Waals surface area contributed by atoms with Crippen molar-refractivity contribution in [2.75, 3.05) is 24.2 Å². The van der Waals surface area contributed by atoms with E-state index >= 15 is 0 Å². The number of hydrogen-bond donors (Lipinski definition) is 1. The van der Waals surface area contributed by atoms with Crippen molar-refractivity contribution in [1.29, 1.82) is 0 Å². The Labute approximate surface area is 213 Å². The van der Waals surface area contributed by atoms with Gasteiger partial charge in [0, 0.05) is 12.6 Å². The maximum absolute atomic E-state index is 13.5. The molecule has 2 atom stereocenters. The Morgan fingerprint density at radius 2 is 1.74 bits per heavy atom. The summed E-state index contributed by atoms with van der Waals surface area (Å²) in [6.07, 6.45) is 1.76. The fourth-order valence-corrected chi connectivity index (χ4v) is 4.46. The van der Waals surface area contributed by atoms with Crippen LogP contribution >= 0.6 is 11.6 Å². The fourth-order valence-electron chi connectivity index (χ4n) is 3.36. The summed E-state index contributed by atoms with van der Waals surface area (Å²) in [6.45, 7) is 7.09. The topological polar surface area (TPSA) is 96.0 Å². The van der Waals surface area contributed by atoms with Crippen LogP contribution in [0, 0.1) is 6.92 Å². The van der Waals surface area contributed by atoms with Crippen LogP contribution in [-0.2, 0) is 26.2 Å². The second-order valence-corrected chi connectivity index (χ2v) is 10.9. The lowest BCUT2D eigenvalue weighted by atomic mass is 10.1. The predicted molar refractivity (Wildman–Crippen MR) is 139 cm³/mol. The van der Waals surface area contributed by atoms with Crippen molar-refractivity contribution in [1.82, 2.24) is 10.2 Å². The zero-order valence-electron chi connectivity index (χ0n) is 21.0. The van der Waals surface area contributed by atoms with Gasteiger partial charge in [-0.05, 0) is 51.0 Å². The molecule has 0 unspecified atom stereocenters. The molecule has 0 aliphatic heterocycles. The summed E-state index contributed by atoms with van der Waals surface area (Å²) < 4.78 is 31.4. The molecule has 192 valence electrons. The molecule has 0 aliphatic carbocycles. The van der Waals surface area contributed by atoms with E-state index in [1.165, 1.54) is 30.2 Å². The normalized spacial score (nSPS) is 13.0. The maximum atomic E-state index is 13.5. The smallest absolute Gasteiger partial charge is 0.244 e. The van der Waals surface area contributed by atoms with E-state index in [2.05, 4.69) is 5.32 Å². The molecule has 2 aromatic rings. The van der Waals surface area contributed by atoms with Crippen molar-refractivity contribution in [3.05, 3.63) is 58.6 Å². The number of methoxy groups -OCH3 is 1. The highest BCUT2D eigenvalue weighted by atomic mass is 35.5. The Hall–Kier alpha value is -2.78. The van der Waals surface area contributed by atoms with Gasteiger partial charge in [-0.15, -0.1) is 0 Å². The van der Waals surface area contributed by atoms with Gasteiger partial charge >= 0.3 is 0 Å². The lowest BCUT2D eigenvalue weighted by molar-refractivity contribution is -0.139. The Bertz CT molecular complexity index is 1140. The number of carbonyl (C=O) groups excluding carboxylic acids is 2. The molecular formula is C25H34ClN3O5S. The second-order valence-electron chi connectivity index (χ2n) is 8.59. The van der Waals surface area contributed by atoms with Crippen LogP contribution in [0.2, 0.25) is 5.02 Å². The molecule has 35 heavy (non-hydrogen) atoms.